The van der Waals surface area contributed by atoms with Crippen LogP contribution in [0.2, 0.25) is 0 Å². The molecule has 6 heteroatoms. The van der Waals surface area contributed by atoms with Gasteiger partial charge in [-0.1, -0.05) is 10.3 Å². The molecule has 0 aliphatic carbocycles. The van der Waals surface area contributed by atoms with Crippen molar-refractivity contribution in [1.82, 2.24) is 15.4 Å². The fourth-order valence-electron chi connectivity index (χ4n) is 0.500. The first-order valence-electron chi connectivity index (χ1n) is 2.44. The fraction of sp³-hybridized carbons (Fsp3) is 0.250. The van der Waals surface area contributed by atoms with Crippen molar-refractivity contribution in [3.63, 3.8) is 0 Å². The van der Waals surface area contributed by atoms with Crippen LogP contribution in [-0.2, 0) is 0 Å². The van der Waals surface area contributed by atoms with E-state index in [9.17, 15) is 4.79 Å². The van der Waals surface area contributed by atoms with Crippen molar-refractivity contribution in [3.05, 3.63) is 5.69 Å². The lowest BCUT2D eigenvalue weighted by atomic mass is 10.5. The van der Waals surface area contributed by atoms with Gasteiger partial charge in [-0.3, -0.25) is 0 Å². The van der Waals surface area contributed by atoms with E-state index in [4.69, 9.17) is 5.11 Å². The zero-order chi connectivity index (χ0) is 7.56. The maximum atomic E-state index is 10.3. The van der Waals surface area contributed by atoms with E-state index in [1.165, 1.54) is 7.11 Å². The molecular formula is C4H5N3O3. The van der Waals surface area contributed by atoms with Gasteiger partial charge in [-0.15, -0.1) is 0 Å². The number of nitrogens with zero attached hydrogens (tertiary/aromatic N) is 2. The van der Waals surface area contributed by atoms with Gasteiger partial charge in [-0.05, 0) is 0 Å². The highest BCUT2D eigenvalue weighted by atomic mass is 16.5. The molecule has 1 aromatic heterocycles. The second-order valence-corrected chi connectivity index (χ2v) is 1.50. The Morgan fingerprint density at radius 1 is 1.80 bits per heavy atom. The van der Waals surface area contributed by atoms with Crippen molar-refractivity contribution in [3.8, 4) is 5.88 Å². The average molecular weight is 143 g/mol. The molecule has 0 bridgehead atoms. The lowest BCUT2D eigenvalue weighted by Crippen LogP contribution is -1.99. The Labute approximate surface area is 55.8 Å². The summed E-state index contributed by atoms with van der Waals surface area (Å²) >= 11 is 0. The smallest absolute Gasteiger partial charge is 0.359 e. The molecule has 0 saturated heterocycles. The topological polar surface area (TPSA) is 88.1 Å². The molecule has 54 valence electrons. The summed E-state index contributed by atoms with van der Waals surface area (Å²) in [6.07, 6.45) is 0. The van der Waals surface area contributed by atoms with E-state index in [1.807, 2.05) is 0 Å². The maximum absolute atomic E-state index is 10.3. The van der Waals surface area contributed by atoms with Gasteiger partial charge in [0.05, 0.1) is 7.11 Å². The first kappa shape index (κ1) is 6.53. The van der Waals surface area contributed by atoms with E-state index in [0.717, 1.165) is 0 Å². The molecule has 0 unspecified atom stereocenters. The number of H-pyrrole nitrogens is 1. The summed E-state index contributed by atoms with van der Waals surface area (Å²) in [6, 6.07) is 0. The van der Waals surface area contributed by atoms with Crippen LogP contribution in [0.25, 0.3) is 0 Å². The zero-order valence-electron chi connectivity index (χ0n) is 5.16. The van der Waals surface area contributed by atoms with Crippen LogP contribution in [0.3, 0.4) is 0 Å². The summed E-state index contributed by atoms with van der Waals surface area (Å²) in [4.78, 5) is 10.3. The molecular weight excluding hydrogens is 138 g/mol. The number of methoxy groups -OCH3 is 1. The van der Waals surface area contributed by atoms with E-state index in [1.54, 1.807) is 0 Å². The molecule has 0 fully saturated rings. The van der Waals surface area contributed by atoms with Crippen LogP contribution in [0.4, 0.5) is 0 Å². The Hall–Kier alpha value is -1.59. The van der Waals surface area contributed by atoms with E-state index in [0.29, 0.717) is 0 Å². The van der Waals surface area contributed by atoms with Gasteiger partial charge in [-0.2, -0.15) is 0 Å². The molecule has 0 saturated carbocycles. The third-order valence-electron chi connectivity index (χ3n) is 0.924. The molecule has 0 aliphatic heterocycles. The van der Waals surface area contributed by atoms with Crippen molar-refractivity contribution in [2.75, 3.05) is 7.11 Å². The number of aromatic nitrogens is 3. The maximum Gasteiger partial charge on any atom is 0.359 e. The Kier molecular flexibility index (Phi) is 1.53. The highest BCUT2D eigenvalue weighted by molar-refractivity contribution is 5.87. The molecule has 2 N–H and O–H groups in total. The van der Waals surface area contributed by atoms with Gasteiger partial charge in [0.15, 0.2) is 0 Å². The second kappa shape index (κ2) is 2.34. The molecule has 1 heterocycles. The van der Waals surface area contributed by atoms with Crippen molar-refractivity contribution < 1.29 is 14.6 Å². The minimum Gasteiger partial charge on any atom is -0.478 e. The van der Waals surface area contributed by atoms with Gasteiger partial charge in [0.2, 0.25) is 5.69 Å². The number of hydrogen-bond donors (Lipinski definition) is 2. The van der Waals surface area contributed by atoms with Crippen LogP contribution in [0.15, 0.2) is 0 Å². The van der Waals surface area contributed by atoms with Gasteiger partial charge in [0, 0.05) is 0 Å². The number of carboxylic acid groups (broad SMARTS) is 1. The summed E-state index contributed by atoms with van der Waals surface area (Å²) in [5, 5.41) is 17.1. The number of carbonyl (C=O) groups is 1. The summed E-state index contributed by atoms with van der Waals surface area (Å²) in [5.74, 6) is -1.14. The van der Waals surface area contributed by atoms with Crippen molar-refractivity contribution in [2.24, 2.45) is 0 Å². The predicted octanol–water partition coefficient (Wildman–Crippen LogP) is -0.489. The summed E-state index contributed by atoms with van der Waals surface area (Å²) in [6.45, 7) is 0. The largest absolute Gasteiger partial charge is 0.478 e. The van der Waals surface area contributed by atoms with Gasteiger partial charge >= 0.3 is 5.97 Å². The van der Waals surface area contributed by atoms with Gasteiger partial charge in [0.25, 0.3) is 5.88 Å². The molecule has 6 nitrogen and oxygen atoms in total. The molecule has 0 atom stereocenters. The third kappa shape index (κ3) is 0.903. The third-order valence-corrected chi connectivity index (χ3v) is 0.924. The Morgan fingerprint density at radius 2 is 2.50 bits per heavy atom. The highest BCUT2D eigenvalue weighted by Crippen LogP contribution is 2.08. The molecule has 1 aromatic rings. The summed E-state index contributed by atoms with van der Waals surface area (Å²) in [7, 11) is 1.32. The molecule has 10 heavy (non-hydrogen) atoms. The Balaban J connectivity index is 3.01. The molecule has 0 spiro atoms. The molecule has 0 aromatic carbocycles. The van der Waals surface area contributed by atoms with Crippen molar-refractivity contribution in [1.29, 1.82) is 0 Å². The van der Waals surface area contributed by atoms with Crippen LogP contribution in [-0.4, -0.2) is 33.6 Å². The van der Waals surface area contributed by atoms with E-state index in [-0.39, 0.29) is 11.6 Å². The van der Waals surface area contributed by atoms with Crippen molar-refractivity contribution in [2.45, 2.75) is 0 Å². The number of carboxylic acids is 1. The van der Waals surface area contributed by atoms with E-state index in [2.05, 4.69) is 20.1 Å². The number of hydrogen-bond acceptors (Lipinski definition) is 4. The number of aromatic amines is 1. The number of aromatic carboxylic acids is 1. The minimum absolute atomic E-state index is 0.00694. The lowest BCUT2D eigenvalue weighted by Gasteiger charge is -1.90. The summed E-state index contributed by atoms with van der Waals surface area (Å²) < 4.78 is 4.56. The normalized spacial score (nSPS) is 9.30. The van der Waals surface area contributed by atoms with E-state index < -0.39 is 5.97 Å². The van der Waals surface area contributed by atoms with E-state index >= 15 is 0 Å². The van der Waals surface area contributed by atoms with Gasteiger partial charge in [-0.25, -0.2) is 9.89 Å². The Bertz CT molecular complexity index is 244. The number of ether oxygens (including phenoxy) is 1. The monoisotopic (exact) mass is 143 g/mol. The standard InChI is InChI=1S/C4H5N3O3/c1-10-3-2(4(8)9)5-7-6-3/h1H3,(H,8,9)(H,5,6,7). The van der Waals surface area contributed by atoms with Gasteiger partial charge in [0.1, 0.15) is 0 Å². The van der Waals surface area contributed by atoms with Crippen LogP contribution < -0.4 is 4.74 Å². The highest BCUT2D eigenvalue weighted by Gasteiger charge is 2.13. The SMILES string of the molecule is COc1nn[nH]c1C(=O)O. The van der Waals surface area contributed by atoms with Crippen LogP contribution >= 0.6 is 0 Å². The molecule has 0 aliphatic rings. The first-order valence-corrected chi connectivity index (χ1v) is 2.44. The lowest BCUT2D eigenvalue weighted by molar-refractivity contribution is 0.0686. The van der Waals surface area contributed by atoms with Crippen LogP contribution in [0, 0.1) is 0 Å². The minimum atomic E-state index is -1.14. The number of rotatable bonds is 2. The van der Waals surface area contributed by atoms with Crippen LogP contribution in [0.5, 0.6) is 5.88 Å². The Morgan fingerprint density at radius 3 is 2.90 bits per heavy atom. The molecule has 0 amide bonds. The first-order chi connectivity index (χ1) is 4.75. The predicted molar refractivity (Wildman–Crippen MR) is 29.9 cm³/mol. The fourth-order valence-corrected chi connectivity index (χ4v) is 0.500. The van der Waals surface area contributed by atoms with Gasteiger partial charge < -0.3 is 9.84 Å². The summed E-state index contributed by atoms with van der Waals surface area (Å²) in [5.41, 5.74) is -0.137. The quantitative estimate of drug-likeness (QED) is 0.583. The van der Waals surface area contributed by atoms with Crippen molar-refractivity contribution >= 4 is 5.97 Å². The zero-order valence-corrected chi connectivity index (χ0v) is 5.16. The average Bonchev–Trinajstić information content (AvgIpc) is 2.33. The molecule has 0 radical (unpaired) electrons. The number of nitrogens with one attached hydrogen (secondary N) is 1. The molecule has 1 rings (SSSR count). The van der Waals surface area contributed by atoms with Crippen LogP contribution in [0.1, 0.15) is 10.5 Å². The second-order valence-electron chi connectivity index (χ2n) is 1.50.